The van der Waals surface area contributed by atoms with E-state index in [9.17, 15) is 18.0 Å². The van der Waals surface area contributed by atoms with Gasteiger partial charge in [-0.3, -0.25) is 4.79 Å². The summed E-state index contributed by atoms with van der Waals surface area (Å²) in [6.07, 6.45) is -3.43. The highest BCUT2D eigenvalue weighted by atomic mass is 19.4. The topological polar surface area (TPSA) is 124 Å². The van der Waals surface area contributed by atoms with Gasteiger partial charge < -0.3 is 9.84 Å². The van der Waals surface area contributed by atoms with Crippen LogP contribution in [0.5, 0.6) is 0 Å². The van der Waals surface area contributed by atoms with E-state index in [1.54, 1.807) is 36.4 Å². The van der Waals surface area contributed by atoms with Gasteiger partial charge in [-0.15, -0.1) is 5.10 Å². The van der Waals surface area contributed by atoms with Crippen molar-refractivity contribution in [2.45, 2.75) is 6.18 Å². The van der Waals surface area contributed by atoms with Crippen molar-refractivity contribution in [2.75, 3.05) is 5.32 Å². The zero-order valence-electron chi connectivity index (χ0n) is 15.2. The SMILES string of the molecule is O=c1nccccc1Nc1nc2ccccc2c2nc(-c3nc(C(F)(F)F)no3)nn12. The average Bonchev–Trinajstić information content (AvgIpc) is 3.35. The quantitative estimate of drug-likeness (QED) is 0.464. The van der Waals surface area contributed by atoms with Crippen LogP contribution < -0.4 is 10.9 Å². The molecule has 0 spiro atoms. The molecule has 0 saturated carbocycles. The molecule has 5 rings (SSSR count). The van der Waals surface area contributed by atoms with Gasteiger partial charge in [-0.25, -0.2) is 15.0 Å². The summed E-state index contributed by atoms with van der Waals surface area (Å²) in [5.74, 6) is -2.10. The number of halogens is 3. The third kappa shape index (κ3) is 3.31. The Morgan fingerprint density at radius 3 is 2.61 bits per heavy atom. The minimum Gasteiger partial charge on any atom is -0.330 e. The highest BCUT2D eigenvalue weighted by Crippen LogP contribution is 2.29. The number of alkyl halides is 3. The summed E-state index contributed by atoms with van der Waals surface area (Å²) < 4.78 is 44.4. The highest BCUT2D eigenvalue weighted by molar-refractivity contribution is 5.93. The zero-order chi connectivity index (χ0) is 21.6. The molecule has 0 aliphatic carbocycles. The Bertz CT molecular complexity index is 1490. The van der Waals surface area contributed by atoms with Crippen LogP contribution in [0.3, 0.4) is 0 Å². The van der Waals surface area contributed by atoms with E-state index in [4.69, 9.17) is 0 Å². The van der Waals surface area contributed by atoms with Crippen molar-refractivity contribution >= 4 is 28.2 Å². The van der Waals surface area contributed by atoms with Crippen molar-refractivity contribution in [3.63, 3.8) is 0 Å². The minimum absolute atomic E-state index is 0.0908. The molecule has 0 unspecified atom stereocenters. The summed E-state index contributed by atoms with van der Waals surface area (Å²) >= 11 is 0. The van der Waals surface area contributed by atoms with E-state index in [2.05, 4.69) is 40.0 Å². The van der Waals surface area contributed by atoms with Crippen LogP contribution in [-0.4, -0.2) is 34.7 Å². The molecule has 10 nitrogen and oxygen atoms in total. The second kappa shape index (κ2) is 6.83. The minimum atomic E-state index is -4.78. The van der Waals surface area contributed by atoms with Gasteiger partial charge in [0.2, 0.25) is 11.8 Å². The summed E-state index contributed by atoms with van der Waals surface area (Å²) in [7, 11) is 0. The molecule has 0 radical (unpaired) electrons. The first-order valence-electron chi connectivity index (χ1n) is 8.69. The standard InChI is InChI=1S/C18H9F3N8O2/c19-18(20,21)16-26-15(31-28-16)12-25-13-9-5-1-2-6-10(9)23-17(29(13)27-12)24-11-7-3-4-8-22-14(11)30/h1-8H,(H,22,23,24,30). The van der Waals surface area contributed by atoms with E-state index in [1.807, 2.05) is 0 Å². The number of hydrogen-bond donors (Lipinski definition) is 1. The van der Waals surface area contributed by atoms with Crippen LogP contribution in [0.15, 0.2) is 58.0 Å². The summed E-state index contributed by atoms with van der Waals surface area (Å²) in [4.78, 5) is 27.9. The van der Waals surface area contributed by atoms with Gasteiger partial charge in [-0.2, -0.15) is 22.7 Å². The monoisotopic (exact) mass is 426 g/mol. The lowest BCUT2D eigenvalue weighted by atomic mass is 10.2. The predicted octanol–water partition coefficient (Wildman–Crippen LogP) is 2.85. The number of benzene rings is 1. The lowest BCUT2D eigenvalue weighted by Crippen LogP contribution is -2.11. The number of nitrogens with zero attached hydrogens (tertiary/aromatic N) is 7. The van der Waals surface area contributed by atoms with Gasteiger partial charge in [0.1, 0.15) is 5.69 Å². The maximum atomic E-state index is 12.8. The Labute approximate surface area is 169 Å². The molecule has 31 heavy (non-hydrogen) atoms. The van der Waals surface area contributed by atoms with Gasteiger partial charge in [-0.05, 0) is 24.3 Å². The number of anilines is 2. The number of nitrogens with one attached hydrogen (secondary N) is 1. The van der Waals surface area contributed by atoms with Crippen LogP contribution in [0.1, 0.15) is 5.82 Å². The van der Waals surface area contributed by atoms with Gasteiger partial charge in [0.15, 0.2) is 5.65 Å². The Morgan fingerprint density at radius 2 is 1.81 bits per heavy atom. The highest BCUT2D eigenvalue weighted by Gasteiger charge is 2.38. The van der Waals surface area contributed by atoms with Gasteiger partial charge in [0.25, 0.3) is 17.3 Å². The molecule has 0 saturated heterocycles. The molecule has 0 aliphatic heterocycles. The van der Waals surface area contributed by atoms with Gasteiger partial charge in [0.05, 0.1) is 5.52 Å². The van der Waals surface area contributed by atoms with E-state index >= 15 is 0 Å². The summed E-state index contributed by atoms with van der Waals surface area (Å²) in [6, 6.07) is 11.6. The number of para-hydroxylation sites is 1. The molecule has 4 aromatic heterocycles. The van der Waals surface area contributed by atoms with Crippen molar-refractivity contribution in [1.29, 1.82) is 0 Å². The molecule has 0 aliphatic rings. The second-order valence-corrected chi connectivity index (χ2v) is 6.22. The third-order valence-corrected chi connectivity index (χ3v) is 4.18. The average molecular weight is 426 g/mol. The molecule has 0 atom stereocenters. The van der Waals surface area contributed by atoms with Crippen molar-refractivity contribution in [2.24, 2.45) is 0 Å². The molecular weight excluding hydrogens is 417 g/mol. The molecular formula is C18H9F3N8O2. The Kier molecular flexibility index (Phi) is 4.10. The fourth-order valence-electron chi connectivity index (χ4n) is 2.83. The summed E-state index contributed by atoms with van der Waals surface area (Å²) in [5.41, 5.74) is 0.345. The number of aromatic nitrogens is 7. The fourth-order valence-corrected chi connectivity index (χ4v) is 2.83. The molecule has 0 amide bonds. The largest absolute Gasteiger partial charge is 0.455 e. The maximum Gasteiger partial charge on any atom is 0.455 e. The van der Waals surface area contributed by atoms with E-state index in [0.29, 0.717) is 10.9 Å². The predicted molar refractivity (Wildman–Crippen MR) is 100 cm³/mol. The molecule has 0 bridgehead atoms. The first kappa shape index (κ1) is 18.6. The smallest absolute Gasteiger partial charge is 0.330 e. The first-order valence-corrected chi connectivity index (χ1v) is 8.69. The molecule has 1 N–H and O–H groups in total. The van der Waals surface area contributed by atoms with Crippen LogP contribution >= 0.6 is 0 Å². The van der Waals surface area contributed by atoms with E-state index in [1.165, 1.54) is 16.8 Å². The van der Waals surface area contributed by atoms with Crippen LogP contribution in [0.4, 0.5) is 24.8 Å². The van der Waals surface area contributed by atoms with Crippen LogP contribution in [-0.2, 0) is 6.18 Å². The Balaban J connectivity index is 1.71. The normalized spacial score (nSPS) is 11.8. The molecule has 1 aromatic carbocycles. The van der Waals surface area contributed by atoms with E-state index < -0.39 is 23.5 Å². The van der Waals surface area contributed by atoms with Gasteiger partial charge in [0, 0.05) is 11.6 Å². The third-order valence-electron chi connectivity index (χ3n) is 4.18. The Hall–Kier alpha value is -4.42. The lowest BCUT2D eigenvalue weighted by molar-refractivity contribution is -0.146. The van der Waals surface area contributed by atoms with Gasteiger partial charge in [-0.1, -0.05) is 23.4 Å². The Morgan fingerprint density at radius 1 is 1.00 bits per heavy atom. The van der Waals surface area contributed by atoms with E-state index in [-0.39, 0.29) is 23.1 Å². The second-order valence-electron chi connectivity index (χ2n) is 6.22. The number of fused-ring (bicyclic) bond motifs is 3. The molecule has 154 valence electrons. The molecule has 4 heterocycles. The summed E-state index contributed by atoms with van der Waals surface area (Å²) in [5, 5.41) is 10.5. The van der Waals surface area contributed by atoms with Crippen LogP contribution in [0, 0.1) is 0 Å². The number of hydrogen-bond acceptors (Lipinski definition) is 9. The van der Waals surface area contributed by atoms with Gasteiger partial charge >= 0.3 is 6.18 Å². The summed E-state index contributed by atoms with van der Waals surface area (Å²) in [6.45, 7) is 0. The lowest BCUT2D eigenvalue weighted by Gasteiger charge is -2.07. The van der Waals surface area contributed by atoms with Crippen molar-refractivity contribution in [1.82, 2.24) is 34.7 Å². The molecule has 13 heteroatoms. The fraction of sp³-hybridized carbons (Fsp3) is 0.0556. The van der Waals surface area contributed by atoms with E-state index in [0.717, 1.165) is 0 Å². The van der Waals surface area contributed by atoms with Crippen molar-refractivity contribution in [3.05, 3.63) is 64.8 Å². The molecule has 0 fully saturated rings. The molecule has 5 aromatic rings. The number of rotatable bonds is 3. The van der Waals surface area contributed by atoms with Crippen molar-refractivity contribution < 1.29 is 17.7 Å². The van der Waals surface area contributed by atoms with Crippen LogP contribution in [0.2, 0.25) is 0 Å². The first-order chi connectivity index (χ1) is 14.9. The maximum absolute atomic E-state index is 12.8. The van der Waals surface area contributed by atoms with Crippen LogP contribution in [0.25, 0.3) is 28.3 Å². The van der Waals surface area contributed by atoms with Crippen molar-refractivity contribution in [3.8, 4) is 11.7 Å². The zero-order valence-corrected chi connectivity index (χ0v) is 15.2.